The van der Waals surface area contributed by atoms with Crippen LogP contribution in [0.4, 0.5) is 0 Å². The lowest BCUT2D eigenvalue weighted by Gasteiger charge is -2.18. The van der Waals surface area contributed by atoms with Gasteiger partial charge in [0.05, 0.1) is 0 Å². The summed E-state index contributed by atoms with van der Waals surface area (Å²) in [7, 11) is -3.31. The molecule has 0 radical (unpaired) electrons. The second kappa shape index (κ2) is 6.73. The molecule has 1 aromatic rings. The molecule has 1 heterocycles. The zero-order valence-corrected chi connectivity index (χ0v) is 11.2. The summed E-state index contributed by atoms with van der Waals surface area (Å²) in [6, 6.07) is 1.85. The Kier molecular flexibility index (Phi) is 5.60. The summed E-state index contributed by atoms with van der Waals surface area (Å²) >= 11 is 0. The summed E-state index contributed by atoms with van der Waals surface area (Å²) in [6.07, 6.45) is 4.29. The minimum absolute atomic E-state index is 0.429. The zero-order valence-electron chi connectivity index (χ0n) is 10.3. The van der Waals surface area contributed by atoms with E-state index in [0.29, 0.717) is 26.2 Å². The van der Waals surface area contributed by atoms with Crippen molar-refractivity contribution in [2.75, 3.05) is 19.6 Å². The van der Waals surface area contributed by atoms with Gasteiger partial charge in [0.1, 0.15) is 0 Å². The highest BCUT2D eigenvalue weighted by atomic mass is 32.2. The fraction of sp³-hybridized carbons (Fsp3) is 0.700. The van der Waals surface area contributed by atoms with Gasteiger partial charge in [-0.1, -0.05) is 13.8 Å². The second-order valence-corrected chi connectivity index (χ2v) is 5.36. The first-order valence-electron chi connectivity index (χ1n) is 5.82. The van der Waals surface area contributed by atoms with E-state index in [-0.39, 0.29) is 0 Å². The van der Waals surface area contributed by atoms with Crippen LogP contribution in [0.25, 0.3) is 0 Å². The molecule has 1 N–H and O–H groups in total. The molecule has 0 saturated heterocycles. The maximum Gasteiger partial charge on any atom is 0.279 e. The van der Waals surface area contributed by atoms with Crippen molar-refractivity contribution < 1.29 is 8.42 Å². The number of aromatic nitrogens is 2. The monoisotopic (exact) mass is 260 g/mol. The van der Waals surface area contributed by atoms with Crippen molar-refractivity contribution >= 4 is 10.2 Å². The van der Waals surface area contributed by atoms with Crippen LogP contribution in [-0.2, 0) is 16.8 Å². The summed E-state index contributed by atoms with van der Waals surface area (Å²) in [4.78, 5) is 0. The highest BCUT2D eigenvalue weighted by Crippen LogP contribution is 1.97. The molecule has 0 aliphatic heterocycles. The van der Waals surface area contributed by atoms with Crippen LogP contribution in [0, 0.1) is 0 Å². The van der Waals surface area contributed by atoms with Crippen LogP contribution in [0.5, 0.6) is 0 Å². The van der Waals surface area contributed by atoms with Crippen LogP contribution in [0.15, 0.2) is 18.5 Å². The van der Waals surface area contributed by atoms with Gasteiger partial charge < -0.3 is 0 Å². The van der Waals surface area contributed by atoms with Gasteiger partial charge in [-0.05, 0) is 12.5 Å². The molecule has 1 aromatic heterocycles. The summed E-state index contributed by atoms with van der Waals surface area (Å²) in [5.74, 6) is 0. The van der Waals surface area contributed by atoms with Crippen molar-refractivity contribution in [2.24, 2.45) is 0 Å². The summed E-state index contributed by atoms with van der Waals surface area (Å²) in [5, 5.41) is 4.05. The maximum atomic E-state index is 11.7. The maximum absolute atomic E-state index is 11.7. The number of hydrogen-bond acceptors (Lipinski definition) is 3. The van der Waals surface area contributed by atoms with Crippen molar-refractivity contribution in [3.05, 3.63) is 18.5 Å². The van der Waals surface area contributed by atoms with Gasteiger partial charge in [-0.3, -0.25) is 4.68 Å². The predicted octanol–water partition coefficient (Wildman–Crippen LogP) is 0.449. The minimum atomic E-state index is -3.31. The number of hydrogen-bond donors (Lipinski definition) is 1. The minimum Gasteiger partial charge on any atom is -0.273 e. The molecule has 0 saturated carbocycles. The Balaban J connectivity index is 2.30. The molecule has 1 rings (SSSR count). The van der Waals surface area contributed by atoms with Gasteiger partial charge in [-0.25, -0.2) is 4.72 Å². The standard InChI is InChI=1S/C10H20N4O2S/c1-3-14(4-2)17(15,16)12-8-6-10-13-9-5-7-11-13/h5,7,9,12H,3-4,6,8,10H2,1-2H3. The van der Waals surface area contributed by atoms with E-state index in [1.807, 2.05) is 26.1 Å². The first kappa shape index (κ1) is 14.1. The van der Waals surface area contributed by atoms with E-state index in [9.17, 15) is 8.42 Å². The summed E-state index contributed by atoms with van der Waals surface area (Å²) in [6.45, 7) is 5.78. The summed E-state index contributed by atoms with van der Waals surface area (Å²) < 4.78 is 29.3. The van der Waals surface area contributed by atoms with Crippen molar-refractivity contribution in [3.8, 4) is 0 Å². The average Bonchev–Trinajstić information content (AvgIpc) is 2.78. The Morgan fingerprint density at radius 2 is 2.06 bits per heavy atom. The molecule has 0 unspecified atom stereocenters. The smallest absolute Gasteiger partial charge is 0.273 e. The fourth-order valence-electron chi connectivity index (χ4n) is 1.53. The van der Waals surface area contributed by atoms with Gasteiger partial charge in [0, 0.05) is 38.6 Å². The first-order chi connectivity index (χ1) is 8.10. The van der Waals surface area contributed by atoms with Gasteiger partial charge in [0.15, 0.2) is 0 Å². The largest absolute Gasteiger partial charge is 0.279 e. The molecule has 0 aliphatic rings. The third-order valence-electron chi connectivity index (χ3n) is 2.45. The van der Waals surface area contributed by atoms with Gasteiger partial charge in [-0.2, -0.15) is 17.8 Å². The van der Waals surface area contributed by atoms with Gasteiger partial charge in [0.2, 0.25) is 0 Å². The van der Waals surface area contributed by atoms with Crippen molar-refractivity contribution in [1.82, 2.24) is 18.8 Å². The quantitative estimate of drug-likeness (QED) is 0.690. The van der Waals surface area contributed by atoms with E-state index in [0.717, 1.165) is 6.42 Å². The lowest BCUT2D eigenvalue weighted by Crippen LogP contribution is -2.41. The Morgan fingerprint density at radius 1 is 1.35 bits per heavy atom. The molecule has 0 fully saturated rings. The van der Waals surface area contributed by atoms with E-state index in [1.165, 1.54) is 4.31 Å². The van der Waals surface area contributed by atoms with E-state index < -0.39 is 10.2 Å². The normalized spacial score (nSPS) is 12.2. The second-order valence-electron chi connectivity index (χ2n) is 3.61. The van der Waals surface area contributed by atoms with Crippen molar-refractivity contribution in [2.45, 2.75) is 26.8 Å². The highest BCUT2D eigenvalue weighted by Gasteiger charge is 2.16. The van der Waals surface area contributed by atoms with Crippen LogP contribution in [0.2, 0.25) is 0 Å². The molecule has 7 heteroatoms. The summed E-state index contributed by atoms with van der Waals surface area (Å²) in [5.41, 5.74) is 0. The van der Waals surface area contributed by atoms with Crippen LogP contribution in [0.1, 0.15) is 20.3 Å². The van der Waals surface area contributed by atoms with E-state index in [2.05, 4.69) is 9.82 Å². The van der Waals surface area contributed by atoms with E-state index >= 15 is 0 Å². The molecule has 0 bridgehead atoms. The van der Waals surface area contributed by atoms with Crippen LogP contribution in [-0.4, -0.2) is 42.1 Å². The fourth-order valence-corrected chi connectivity index (χ4v) is 2.79. The van der Waals surface area contributed by atoms with Crippen LogP contribution in [0.3, 0.4) is 0 Å². The predicted molar refractivity (Wildman–Crippen MR) is 66.7 cm³/mol. The Labute approximate surface area is 103 Å². The highest BCUT2D eigenvalue weighted by molar-refractivity contribution is 7.87. The Hall–Kier alpha value is -0.920. The average molecular weight is 260 g/mol. The Morgan fingerprint density at radius 3 is 2.59 bits per heavy atom. The molecule has 0 aromatic carbocycles. The molecule has 6 nitrogen and oxygen atoms in total. The third-order valence-corrected chi connectivity index (χ3v) is 4.22. The zero-order chi connectivity index (χ0) is 12.7. The first-order valence-corrected chi connectivity index (χ1v) is 7.26. The number of nitrogens with one attached hydrogen (secondary N) is 1. The third kappa shape index (κ3) is 4.45. The molecule has 0 spiro atoms. The van der Waals surface area contributed by atoms with Gasteiger partial charge in [-0.15, -0.1) is 0 Å². The SMILES string of the molecule is CCN(CC)S(=O)(=O)NCCCn1cccn1. The number of rotatable bonds is 8. The van der Waals surface area contributed by atoms with Gasteiger partial charge >= 0.3 is 0 Å². The molecule has 98 valence electrons. The van der Waals surface area contributed by atoms with Crippen LogP contribution < -0.4 is 4.72 Å². The van der Waals surface area contributed by atoms with E-state index in [1.54, 1.807) is 10.9 Å². The lowest BCUT2D eigenvalue weighted by molar-refractivity contribution is 0.432. The molecular formula is C10H20N4O2S. The molecular weight excluding hydrogens is 240 g/mol. The Bertz CT molecular complexity index is 398. The molecule has 0 atom stereocenters. The number of aryl methyl sites for hydroxylation is 1. The molecule has 0 amide bonds. The molecule has 0 aliphatic carbocycles. The van der Waals surface area contributed by atoms with Crippen molar-refractivity contribution in [3.63, 3.8) is 0 Å². The van der Waals surface area contributed by atoms with Crippen LogP contribution >= 0.6 is 0 Å². The van der Waals surface area contributed by atoms with E-state index in [4.69, 9.17) is 0 Å². The molecule has 17 heavy (non-hydrogen) atoms. The van der Waals surface area contributed by atoms with Crippen molar-refractivity contribution in [1.29, 1.82) is 0 Å². The number of nitrogens with zero attached hydrogens (tertiary/aromatic N) is 3. The topological polar surface area (TPSA) is 67.2 Å². The van der Waals surface area contributed by atoms with Gasteiger partial charge in [0.25, 0.3) is 10.2 Å². The lowest BCUT2D eigenvalue weighted by atomic mass is 10.4.